The second kappa shape index (κ2) is 10.2. The molecule has 0 fully saturated rings. The van der Waals surface area contributed by atoms with Crippen molar-refractivity contribution in [2.45, 2.75) is 19.8 Å². The Labute approximate surface area is 158 Å². The van der Waals surface area contributed by atoms with Crippen LogP contribution in [0.25, 0.3) is 6.08 Å². The lowest BCUT2D eigenvalue weighted by molar-refractivity contribution is -0.111. The Bertz CT molecular complexity index is 805. The molecule has 27 heavy (non-hydrogen) atoms. The van der Waals surface area contributed by atoms with Gasteiger partial charge < -0.3 is 19.5 Å². The highest BCUT2D eigenvalue weighted by Gasteiger charge is 2.08. The number of hydrogen-bond donors (Lipinski definition) is 1. The van der Waals surface area contributed by atoms with Gasteiger partial charge in [-0.3, -0.25) is 4.79 Å². The van der Waals surface area contributed by atoms with Crippen molar-refractivity contribution >= 4 is 17.7 Å². The van der Waals surface area contributed by atoms with Gasteiger partial charge in [-0.05, 0) is 42.3 Å². The molecular weight excluding hydrogens is 349 g/mol. The summed E-state index contributed by atoms with van der Waals surface area (Å²) in [5.74, 6) is 0.734. The maximum Gasteiger partial charge on any atom is 0.248 e. The molecule has 2 aromatic rings. The van der Waals surface area contributed by atoms with Gasteiger partial charge in [0.25, 0.3) is 0 Å². The van der Waals surface area contributed by atoms with Gasteiger partial charge in [0.2, 0.25) is 5.91 Å². The van der Waals surface area contributed by atoms with E-state index in [1.165, 1.54) is 24.3 Å². The summed E-state index contributed by atoms with van der Waals surface area (Å²) < 4.78 is 29.5. The lowest BCUT2D eigenvalue weighted by Crippen LogP contribution is -2.10. The van der Waals surface area contributed by atoms with Crippen LogP contribution in [0.1, 0.15) is 25.3 Å². The third-order valence-electron chi connectivity index (χ3n) is 3.79. The number of benzene rings is 2. The van der Waals surface area contributed by atoms with Gasteiger partial charge in [0.05, 0.1) is 26.5 Å². The van der Waals surface area contributed by atoms with E-state index in [4.69, 9.17) is 14.2 Å². The van der Waals surface area contributed by atoms with E-state index in [-0.39, 0.29) is 5.91 Å². The van der Waals surface area contributed by atoms with Crippen molar-refractivity contribution < 1.29 is 23.4 Å². The third-order valence-corrected chi connectivity index (χ3v) is 3.79. The number of halogens is 1. The summed E-state index contributed by atoms with van der Waals surface area (Å²) in [7, 11) is 3.11. The molecule has 2 aromatic carbocycles. The zero-order valence-electron chi connectivity index (χ0n) is 15.8. The average Bonchev–Trinajstić information content (AvgIpc) is 2.68. The highest BCUT2D eigenvalue weighted by Crippen LogP contribution is 2.28. The van der Waals surface area contributed by atoms with E-state index in [0.29, 0.717) is 29.5 Å². The van der Waals surface area contributed by atoms with Crippen LogP contribution in [0, 0.1) is 5.82 Å². The van der Waals surface area contributed by atoms with E-state index in [9.17, 15) is 9.18 Å². The van der Waals surface area contributed by atoms with E-state index in [1.54, 1.807) is 32.4 Å². The fourth-order valence-electron chi connectivity index (χ4n) is 2.35. The van der Waals surface area contributed by atoms with Crippen molar-refractivity contribution in [2.24, 2.45) is 0 Å². The van der Waals surface area contributed by atoms with Crippen LogP contribution in [0.4, 0.5) is 10.1 Å². The van der Waals surface area contributed by atoms with Gasteiger partial charge in [-0.15, -0.1) is 0 Å². The van der Waals surface area contributed by atoms with Gasteiger partial charge in [0.15, 0.2) is 11.5 Å². The minimum atomic E-state index is -0.416. The lowest BCUT2D eigenvalue weighted by Gasteiger charge is -2.11. The zero-order chi connectivity index (χ0) is 19.6. The van der Waals surface area contributed by atoms with Gasteiger partial charge in [-0.1, -0.05) is 19.4 Å². The summed E-state index contributed by atoms with van der Waals surface area (Å²) in [6.07, 6.45) is 4.85. The molecule has 0 aliphatic heterocycles. The molecule has 0 aliphatic carbocycles. The van der Waals surface area contributed by atoms with Gasteiger partial charge in [0.1, 0.15) is 11.6 Å². The molecule has 0 saturated heterocycles. The topological polar surface area (TPSA) is 56.8 Å². The Kier molecular flexibility index (Phi) is 7.67. The quantitative estimate of drug-likeness (QED) is 0.512. The molecule has 0 aromatic heterocycles. The van der Waals surface area contributed by atoms with E-state index in [2.05, 4.69) is 5.32 Å². The van der Waals surface area contributed by atoms with Crippen LogP contribution < -0.4 is 19.5 Å². The number of rotatable bonds is 9. The van der Waals surface area contributed by atoms with E-state index in [1.807, 2.05) is 13.0 Å². The van der Waals surface area contributed by atoms with Gasteiger partial charge >= 0.3 is 0 Å². The maximum atomic E-state index is 13.5. The summed E-state index contributed by atoms with van der Waals surface area (Å²) in [5, 5.41) is 2.71. The predicted molar refractivity (Wildman–Crippen MR) is 104 cm³/mol. The molecule has 0 heterocycles. The minimum absolute atomic E-state index is 0.316. The molecule has 5 nitrogen and oxygen atoms in total. The number of unbranched alkanes of at least 4 members (excludes halogenated alkanes) is 1. The second-order valence-corrected chi connectivity index (χ2v) is 5.78. The first-order chi connectivity index (χ1) is 13.1. The minimum Gasteiger partial charge on any atom is -0.493 e. The highest BCUT2D eigenvalue weighted by atomic mass is 19.1. The fraction of sp³-hybridized carbons (Fsp3) is 0.286. The Morgan fingerprint density at radius 2 is 1.85 bits per heavy atom. The van der Waals surface area contributed by atoms with Gasteiger partial charge in [-0.25, -0.2) is 4.39 Å². The number of nitrogens with one attached hydrogen (secondary N) is 1. The molecule has 0 spiro atoms. The molecular formula is C21H24FNO4. The largest absolute Gasteiger partial charge is 0.493 e. The Morgan fingerprint density at radius 3 is 2.56 bits per heavy atom. The molecule has 0 saturated carbocycles. The molecule has 0 atom stereocenters. The molecule has 0 unspecified atom stereocenters. The summed E-state index contributed by atoms with van der Waals surface area (Å²) in [6, 6.07) is 9.36. The molecule has 1 N–H and O–H groups in total. The molecule has 0 aliphatic rings. The number of methoxy groups -OCH3 is 2. The first-order valence-electron chi connectivity index (χ1n) is 8.70. The molecule has 0 bridgehead atoms. The van der Waals surface area contributed by atoms with Crippen molar-refractivity contribution in [3.63, 3.8) is 0 Å². The van der Waals surface area contributed by atoms with Crippen molar-refractivity contribution in [1.82, 2.24) is 0 Å². The van der Waals surface area contributed by atoms with Crippen LogP contribution in [-0.4, -0.2) is 26.7 Å². The molecule has 2 rings (SSSR count). The second-order valence-electron chi connectivity index (χ2n) is 5.78. The van der Waals surface area contributed by atoms with E-state index >= 15 is 0 Å². The number of carbonyl (C=O) groups excluding carboxylic acids is 1. The molecule has 1 amide bonds. The van der Waals surface area contributed by atoms with Crippen LogP contribution in [0.15, 0.2) is 42.5 Å². The van der Waals surface area contributed by atoms with E-state index < -0.39 is 5.82 Å². The van der Waals surface area contributed by atoms with Crippen LogP contribution >= 0.6 is 0 Å². The van der Waals surface area contributed by atoms with Gasteiger partial charge in [0, 0.05) is 12.1 Å². The van der Waals surface area contributed by atoms with Crippen LogP contribution in [0.2, 0.25) is 0 Å². The van der Waals surface area contributed by atoms with Crippen LogP contribution in [0.3, 0.4) is 0 Å². The normalized spacial score (nSPS) is 10.7. The predicted octanol–water partition coefficient (Wildman–Crippen LogP) is 4.67. The van der Waals surface area contributed by atoms with Crippen molar-refractivity contribution in [2.75, 3.05) is 26.1 Å². The molecule has 6 heteroatoms. The average molecular weight is 373 g/mol. The number of anilines is 1. The zero-order valence-corrected chi connectivity index (χ0v) is 15.8. The standard InChI is InChI=1S/C21H24FNO4/c1-4-5-12-27-19-14-16(22)8-9-17(19)23-21(24)11-7-15-6-10-18(25-2)20(13-15)26-3/h6-11,13-14H,4-5,12H2,1-3H3,(H,23,24)/b11-7+. The monoisotopic (exact) mass is 373 g/mol. The summed E-state index contributed by atoms with van der Waals surface area (Å²) in [5.41, 5.74) is 1.20. The van der Waals surface area contributed by atoms with Crippen LogP contribution in [-0.2, 0) is 4.79 Å². The number of hydrogen-bond acceptors (Lipinski definition) is 4. The molecule has 0 radical (unpaired) electrons. The molecule has 144 valence electrons. The third kappa shape index (κ3) is 6.02. The highest BCUT2D eigenvalue weighted by molar-refractivity contribution is 6.02. The Balaban J connectivity index is 2.08. The first-order valence-corrected chi connectivity index (χ1v) is 8.70. The maximum absolute atomic E-state index is 13.5. The van der Waals surface area contributed by atoms with Crippen molar-refractivity contribution in [3.8, 4) is 17.2 Å². The van der Waals surface area contributed by atoms with E-state index in [0.717, 1.165) is 18.4 Å². The first kappa shape index (κ1) is 20.3. The van der Waals surface area contributed by atoms with Crippen molar-refractivity contribution in [3.05, 3.63) is 53.9 Å². The lowest BCUT2D eigenvalue weighted by atomic mass is 10.2. The summed E-state index contributed by atoms with van der Waals surface area (Å²) in [6.45, 7) is 2.50. The summed E-state index contributed by atoms with van der Waals surface area (Å²) >= 11 is 0. The van der Waals surface area contributed by atoms with Crippen LogP contribution in [0.5, 0.6) is 17.2 Å². The number of amides is 1. The summed E-state index contributed by atoms with van der Waals surface area (Å²) in [4.78, 5) is 12.2. The number of ether oxygens (including phenoxy) is 3. The van der Waals surface area contributed by atoms with Gasteiger partial charge in [-0.2, -0.15) is 0 Å². The van der Waals surface area contributed by atoms with Crippen molar-refractivity contribution in [1.29, 1.82) is 0 Å². The smallest absolute Gasteiger partial charge is 0.248 e. The Morgan fingerprint density at radius 1 is 1.07 bits per heavy atom. The Hall–Kier alpha value is -3.02. The number of carbonyl (C=O) groups is 1. The fourth-order valence-corrected chi connectivity index (χ4v) is 2.35. The SMILES string of the molecule is CCCCOc1cc(F)ccc1NC(=O)/C=C/c1ccc(OC)c(OC)c1.